The Morgan fingerprint density at radius 2 is 1.58 bits per heavy atom. The third kappa shape index (κ3) is 4.13. The first-order chi connectivity index (χ1) is 16.0. The molecule has 1 aliphatic rings. The lowest BCUT2D eigenvalue weighted by molar-refractivity contribution is -0.111. The van der Waals surface area contributed by atoms with Gasteiger partial charge in [-0.2, -0.15) is 0 Å². The van der Waals surface area contributed by atoms with Crippen molar-refractivity contribution in [1.29, 1.82) is 0 Å². The number of carbonyl (C=O) groups is 1. The first kappa shape index (κ1) is 21.0. The molecule has 1 heterocycles. The van der Waals surface area contributed by atoms with Crippen molar-refractivity contribution in [3.63, 3.8) is 0 Å². The van der Waals surface area contributed by atoms with Gasteiger partial charge in [0.2, 0.25) is 5.91 Å². The number of carbonyl (C=O) groups excluding carboxylic acids is 1. The third-order valence-corrected chi connectivity index (χ3v) is 7.62. The van der Waals surface area contributed by atoms with E-state index in [1.807, 2.05) is 66.7 Å². The first-order valence-electron chi connectivity index (χ1n) is 10.7. The maximum Gasteiger partial charge on any atom is 0.264 e. The number of para-hydroxylation sites is 1. The van der Waals surface area contributed by atoms with E-state index in [4.69, 9.17) is 0 Å². The molecule has 0 atom stereocenters. The Labute approximate surface area is 193 Å². The zero-order valence-electron chi connectivity index (χ0n) is 17.8. The van der Waals surface area contributed by atoms with Gasteiger partial charge in [-0.05, 0) is 64.7 Å². The summed E-state index contributed by atoms with van der Waals surface area (Å²) >= 11 is 0. The molecular formula is C27H22N2O3S. The van der Waals surface area contributed by atoms with E-state index in [0.29, 0.717) is 18.7 Å². The summed E-state index contributed by atoms with van der Waals surface area (Å²) in [6.07, 6.45) is 3.96. The van der Waals surface area contributed by atoms with Crippen LogP contribution in [0.25, 0.3) is 16.8 Å². The normalized spacial score (nSPS) is 13.4. The molecule has 1 aliphatic heterocycles. The number of sulfonamides is 1. The van der Waals surface area contributed by atoms with Gasteiger partial charge in [0.25, 0.3) is 10.0 Å². The molecule has 1 N–H and O–H groups in total. The molecule has 0 unspecified atom stereocenters. The van der Waals surface area contributed by atoms with Crippen LogP contribution in [0.1, 0.15) is 11.1 Å². The minimum Gasteiger partial charge on any atom is -0.323 e. The summed E-state index contributed by atoms with van der Waals surface area (Å²) in [5, 5.41) is 4.97. The predicted molar refractivity (Wildman–Crippen MR) is 133 cm³/mol. The van der Waals surface area contributed by atoms with Crippen molar-refractivity contribution in [2.24, 2.45) is 0 Å². The monoisotopic (exact) mass is 454 g/mol. The number of benzene rings is 4. The molecule has 0 fully saturated rings. The van der Waals surface area contributed by atoms with Gasteiger partial charge in [0, 0.05) is 18.3 Å². The van der Waals surface area contributed by atoms with Crippen molar-refractivity contribution >= 4 is 44.2 Å². The average Bonchev–Trinajstić information content (AvgIpc) is 3.28. The number of nitrogens with zero attached hydrogens (tertiary/aromatic N) is 1. The molecule has 5 nitrogen and oxygen atoms in total. The molecular weight excluding hydrogens is 432 g/mol. The van der Waals surface area contributed by atoms with Gasteiger partial charge >= 0.3 is 0 Å². The summed E-state index contributed by atoms with van der Waals surface area (Å²) in [6, 6.07) is 27.8. The second-order valence-electron chi connectivity index (χ2n) is 7.87. The van der Waals surface area contributed by atoms with Crippen molar-refractivity contribution in [2.75, 3.05) is 16.2 Å². The Hall–Kier alpha value is -3.90. The lowest BCUT2D eigenvalue weighted by Gasteiger charge is -2.19. The lowest BCUT2D eigenvalue weighted by atomic mass is 10.0. The van der Waals surface area contributed by atoms with Gasteiger partial charge in [-0.25, -0.2) is 8.42 Å². The van der Waals surface area contributed by atoms with E-state index in [-0.39, 0.29) is 10.8 Å². The third-order valence-electron chi connectivity index (χ3n) is 5.79. The summed E-state index contributed by atoms with van der Waals surface area (Å²) < 4.78 is 27.7. The Kier molecular flexibility index (Phi) is 5.44. The fraction of sp³-hybridized carbons (Fsp3) is 0.0741. The molecule has 0 aromatic heterocycles. The smallest absolute Gasteiger partial charge is 0.264 e. The van der Waals surface area contributed by atoms with Crippen LogP contribution in [0.3, 0.4) is 0 Å². The van der Waals surface area contributed by atoms with Gasteiger partial charge in [-0.1, -0.05) is 60.7 Å². The van der Waals surface area contributed by atoms with Crippen molar-refractivity contribution in [2.45, 2.75) is 11.3 Å². The predicted octanol–water partition coefficient (Wildman–Crippen LogP) is 5.24. The van der Waals surface area contributed by atoms with Crippen LogP contribution in [-0.2, 0) is 21.2 Å². The second-order valence-corrected chi connectivity index (χ2v) is 9.73. The average molecular weight is 455 g/mol. The number of nitrogens with one attached hydrogen (secondary N) is 1. The maximum absolute atomic E-state index is 13.1. The highest BCUT2D eigenvalue weighted by atomic mass is 32.2. The highest BCUT2D eigenvalue weighted by Crippen LogP contribution is 2.32. The summed E-state index contributed by atoms with van der Waals surface area (Å²) in [7, 11) is -3.66. The van der Waals surface area contributed by atoms with Crippen LogP contribution in [0.15, 0.2) is 102 Å². The van der Waals surface area contributed by atoms with E-state index < -0.39 is 10.0 Å². The SMILES string of the molecule is O=C(/C=C\c1cccc2ccccc12)Nc1ccc(S(=O)(=O)N2CCc3ccccc32)cc1. The minimum absolute atomic E-state index is 0.198. The molecule has 0 spiro atoms. The molecule has 4 aromatic carbocycles. The Morgan fingerprint density at radius 3 is 2.42 bits per heavy atom. The van der Waals surface area contributed by atoms with E-state index in [1.54, 1.807) is 18.2 Å². The molecule has 0 aliphatic carbocycles. The standard InChI is InChI=1S/C27H22N2O3S/c30-27(17-12-21-9-5-8-20-6-1-3-10-25(20)21)28-23-13-15-24(16-14-23)33(31,32)29-19-18-22-7-2-4-11-26(22)29/h1-17H,18-19H2,(H,28,30)/b17-12-. The van der Waals surface area contributed by atoms with Crippen LogP contribution in [0.4, 0.5) is 11.4 Å². The van der Waals surface area contributed by atoms with Crippen LogP contribution in [0.2, 0.25) is 0 Å². The molecule has 0 saturated carbocycles. The van der Waals surface area contributed by atoms with Gasteiger partial charge in [-0.15, -0.1) is 0 Å². The Morgan fingerprint density at radius 1 is 0.848 bits per heavy atom. The highest BCUT2D eigenvalue weighted by Gasteiger charge is 2.30. The van der Waals surface area contributed by atoms with E-state index >= 15 is 0 Å². The lowest BCUT2D eigenvalue weighted by Crippen LogP contribution is -2.29. The van der Waals surface area contributed by atoms with Crippen LogP contribution in [0, 0.1) is 0 Å². The zero-order chi connectivity index (χ0) is 22.8. The van der Waals surface area contributed by atoms with Crippen molar-refractivity contribution < 1.29 is 13.2 Å². The Balaban J connectivity index is 1.30. The van der Waals surface area contributed by atoms with Gasteiger partial charge in [0.05, 0.1) is 10.6 Å². The fourth-order valence-corrected chi connectivity index (χ4v) is 5.64. The molecule has 0 saturated heterocycles. The molecule has 0 bridgehead atoms. The van der Waals surface area contributed by atoms with E-state index in [2.05, 4.69) is 5.32 Å². The second kappa shape index (κ2) is 8.56. The quantitative estimate of drug-likeness (QED) is 0.419. The zero-order valence-corrected chi connectivity index (χ0v) is 18.6. The first-order valence-corrected chi connectivity index (χ1v) is 12.1. The highest BCUT2D eigenvalue weighted by molar-refractivity contribution is 7.92. The number of anilines is 2. The fourth-order valence-electron chi connectivity index (χ4n) is 4.14. The van der Waals surface area contributed by atoms with Crippen LogP contribution < -0.4 is 9.62 Å². The molecule has 1 amide bonds. The largest absolute Gasteiger partial charge is 0.323 e. The van der Waals surface area contributed by atoms with Crippen LogP contribution in [-0.4, -0.2) is 20.9 Å². The molecule has 33 heavy (non-hydrogen) atoms. The topological polar surface area (TPSA) is 66.5 Å². The summed E-state index contributed by atoms with van der Waals surface area (Å²) in [6.45, 7) is 0.430. The van der Waals surface area contributed by atoms with Crippen molar-refractivity contribution in [1.82, 2.24) is 0 Å². The van der Waals surface area contributed by atoms with Crippen molar-refractivity contribution in [3.8, 4) is 0 Å². The molecule has 6 heteroatoms. The summed E-state index contributed by atoms with van der Waals surface area (Å²) in [4.78, 5) is 12.6. The Bertz CT molecular complexity index is 1470. The molecule has 0 radical (unpaired) electrons. The van der Waals surface area contributed by atoms with E-state index in [1.165, 1.54) is 22.5 Å². The number of hydrogen-bond donors (Lipinski definition) is 1. The number of fused-ring (bicyclic) bond motifs is 2. The van der Waals surface area contributed by atoms with Gasteiger partial charge in [0.1, 0.15) is 0 Å². The summed E-state index contributed by atoms with van der Waals surface area (Å²) in [5.41, 5.74) is 3.25. The number of rotatable bonds is 5. The van der Waals surface area contributed by atoms with Crippen LogP contribution >= 0.6 is 0 Å². The minimum atomic E-state index is -3.66. The van der Waals surface area contributed by atoms with Crippen molar-refractivity contribution in [3.05, 3.63) is 108 Å². The maximum atomic E-state index is 13.1. The molecule has 4 aromatic rings. The molecule has 5 rings (SSSR count). The molecule has 164 valence electrons. The van der Waals surface area contributed by atoms with E-state index in [0.717, 1.165) is 27.6 Å². The van der Waals surface area contributed by atoms with Gasteiger partial charge < -0.3 is 5.32 Å². The number of hydrogen-bond acceptors (Lipinski definition) is 3. The van der Waals surface area contributed by atoms with Crippen LogP contribution in [0.5, 0.6) is 0 Å². The van der Waals surface area contributed by atoms with Gasteiger partial charge in [0.15, 0.2) is 0 Å². The van der Waals surface area contributed by atoms with E-state index in [9.17, 15) is 13.2 Å². The summed E-state index contributed by atoms with van der Waals surface area (Å²) in [5.74, 6) is -0.285. The number of amides is 1. The van der Waals surface area contributed by atoms with Gasteiger partial charge in [-0.3, -0.25) is 9.10 Å².